The molecule has 1 amide bonds. The van der Waals surface area contributed by atoms with Crippen molar-refractivity contribution in [2.45, 2.75) is 32.2 Å². The van der Waals surface area contributed by atoms with Crippen LogP contribution in [0.2, 0.25) is 0 Å². The third-order valence-corrected chi connectivity index (χ3v) is 4.14. The molecule has 21 heavy (non-hydrogen) atoms. The molecule has 0 radical (unpaired) electrons. The number of hydrogen-bond donors (Lipinski definition) is 2. The Bertz CT molecular complexity index is 568. The van der Waals surface area contributed by atoms with Crippen molar-refractivity contribution in [1.82, 2.24) is 10.3 Å². The standard InChI is InChI=1S/C16H21N3OS/c1-12(7-8-13-5-3-2-4-6-13)18-16(20)14-11-21-15(19-14)9-10-17/h2-6,11-12H,7-10,17H2,1H3,(H,18,20). The largest absolute Gasteiger partial charge is 0.348 e. The highest BCUT2D eigenvalue weighted by Gasteiger charge is 2.13. The van der Waals surface area contributed by atoms with E-state index in [0.717, 1.165) is 24.3 Å². The predicted molar refractivity (Wildman–Crippen MR) is 86.6 cm³/mol. The van der Waals surface area contributed by atoms with Crippen LogP contribution in [0.15, 0.2) is 35.7 Å². The van der Waals surface area contributed by atoms with Gasteiger partial charge in [-0.25, -0.2) is 4.98 Å². The van der Waals surface area contributed by atoms with Crippen LogP contribution in [0.4, 0.5) is 0 Å². The van der Waals surface area contributed by atoms with Crippen LogP contribution in [0.25, 0.3) is 0 Å². The van der Waals surface area contributed by atoms with Crippen molar-refractivity contribution in [3.63, 3.8) is 0 Å². The van der Waals surface area contributed by atoms with E-state index in [4.69, 9.17) is 5.73 Å². The van der Waals surface area contributed by atoms with E-state index in [-0.39, 0.29) is 11.9 Å². The number of aryl methyl sites for hydroxylation is 1. The Kier molecular flexibility index (Phi) is 5.90. The summed E-state index contributed by atoms with van der Waals surface area (Å²) in [4.78, 5) is 16.4. The zero-order valence-electron chi connectivity index (χ0n) is 12.2. The lowest BCUT2D eigenvalue weighted by Crippen LogP contribution is -2.33. The topological polar surface area (TPSA) is 68.0 Å². The zero-order chi connectivity index (χ0) is 15.1. The van der Waals surface area contributed by atoms with Crippen molar-refractivity contribution in [3.05, 3.63) is 52.0 Å². The van der Waals surface area contributed by atoms with Crippen LogP contribution in [-0.2, 0) is 12.8 Å². The lowest BCUT2D eigenvalue weighted by atomic mass is 10.1. The number of rotatable bonds is 7. The molecule has 2 rings (SSSR count). The third kappa shape index (κ3) is 4.95. The Balaban J connectivity index is 1.81. The van der Waals surface area contributed by atoms with Crippen LogP contribution < -0.4 is 11.1 Å². The predicted octanol–water partition coefficient (Wildman–Crippen LogP) is 2.40. The number of amides is 1. The number of carbonyl (C=O) groups is 1. The van der Waals surface area contributed by atoms with E-state index in [1.54, 1.807) is 5.38 Å². The Hall–Kier alpha value is -1.72. The molecule has 0 saturated heterocycles. The minimum Gasteiger partial charge on any atom is -0.348 e. The Labute approximate surface area is 129 Å². The van der Waals surface area contributed by atoms with Gasteiger partial charge in [0.25, 0.3) is 5.91 Å². The van der Waals surface area contributed by atoms with Crippen LogP contribution >= 0.6 is 11.3 Å². The number of aromatic nitrogens is 1. The van der Waals surface area contributed by atoms with Crippen LogP contribution in [0.3, 0.4) is 0 Å². The van der Waals surface area contributed by atoms with Crippen molar-refractivity contribution in [2.24, 2.45) is 5.73 Å². The highest BCUT2D eigenvalue weighted by molar-refractivity contribution is 7.09. The molecule has 1 aromatic heterocycles. The number of benzene rings is 1. The molecule has 4 nitrogen and oxygen atoms in total. The van der Waals surface area contributed by atoms with Gasteiger partial charge in [-0.15, -0.1) is 11.3 Å². The van der Waals surface area contributed by atoms with Crippen molar-refractivity contribution in [3.8, 4) is 0 Å². The monoisotopic (exact) mass is 303 g/mol. The number of nitrogens with one attached hydrogen (secondary N) is 1. The maximum Gasteiger partial charge on any atom is 0.270 e. The fraction of sp³-hybridized carbons (Fsp3) is 0.375. The summed E-state index contributed by atoms with van der Waals surface area (Å²) in [7, 11) is 0. The summed E-state index contributed by atoms with van der Waals surface area (Å²) in [6, 6.07) is 10.4. The third-order valence-electron chi connectivity index (χ3n) is 3.23. The van der Waals surface area contributed by atoms with Crippen molar-refractivity contribution >= 4 is 17.2 Å². The molecular weight excluding hydrogens is 282 g/mol. The molecule has 2 aromatic rings. The maximum atomic E-state index is 12.1. The molecule has 0 spiro atoms. The summed E-state index contributed by atoms with van der Waals surface area (Å²) in [5, 5.41) is 5.71. The van der Waals surface area contributed by atoms with Gasteiger partial charge in [-0.1, -0.05) is 30.3 Å². The summed E-state index contributed by atoms with van der Waals surface area (Å²) < 4.78 is 0. The molecular formula is C16H21N3OS. The minimum absolute atomic E-state index is 0.102. The van der Waals surface area contributed by atoms with Gasteiger partial charge in [-0.2, -0.15) is 0 Å². The van der Waals surface area contributed by atoms with E-state index < -0.39 is 0 Å². The second-order valence-corrected chi connectivity index (χ2v) is 6.01. The highest BCUT2D eigenvalue weighted by atomic mass is 32.1. The average molecular weight is 303 g/mol. The molecule has 0 saturated carbocycles. The number of carbonyl (C=O) groups excluding carboxylic acids is 1. The van der Waals surface area contributed by atoms with Crippen LogP contribution in [0.1, 0.15) is 34.4 Å². The summed E-state index contributed by atoms with van der Waals surface area (Å²) in [6.07, 6.45) is 2.59. The van der Waals surface area contributed by atoms with Gasteiger partial charge in [0.15, 0.2) is 0 Å². The van der Waals surface area contributed by atoms with Crippen LogP contribution in [-0.4, -0.2) is 23.5 Å². The lowest BCUT2D eigenvalue weighted by molar-refractivity contribution is 0.0934. The smallest absolute Gasteiger partial charge is 0.270 e. The van der Waals surface area contributed by atoms with Gasteiger partial charge >= 0.3 is 0 Å². The Morgan fingerprint density at radius 2 is 2.10 bits per heavy atom. The lowest BCUT2D eigenvalue weighted by Gasteiger charge is -2.12. The molecule has 112 valence electrons. The van der Waals surface area contributed by atoms with E-state index in [9.17, 15) is 4.79 Å². The van der Waals surface area contributed by atoms with E-state index in [1.165, 1.54) is 16.9 Å². The van der Waals surface area contributed by atoms with Crippen LogP contribution in [0.5, 0.6) is 0 Å². The zero-order valence-corrected chi connectivity index (χ0v) is 13.0. The van der Waals surface area contributed by atoms with E-state index >= 15 is 0 Å². The van der Waals surface area contributed by atoms with E-state index in [1.807, 2.05) is 25.1 Å². The summed E-state index contributed by atoms with van der Waals surface area (Å²) >= 11 is 1.49. The van der Waals surface area contributed by atoms with Gasteiger partial charge in [0.05, 0.1) is 5.01 Å². The highest BCUT2D eigenvalue weighted by Crippen LogP contribution is 2.11. The molecule has 0 bridgehead atoms. The fourth-order valence-electron chi connectivity index (χ4n) is 2.05. The second kappa shape index (κ2) is 7.90. The van der Waals surface area contributed by atoms with Gasteiger partial charge in [0, 0.05) is 17.8 Å². The first kappa shape index (κ1) is 15.7. The Morgan fingerprint density at radius 3 is 2.81 bits per heavy atom. The van der Waals surface area contributed by atoms with E-state index in [2.05, 4.69) is 22.4 Å². The maximum absolute atomic E-state index is 12.1. The molecule has 1 heterocycles. The van der Waals surface area contributed by atoms with Gasteiger partial charge in [-0.05, 0) is 31.9 Å². The van der Waals surface area contributed by atoms with Crippen molar-refractivity contribution in [2.75, 3.05) is 6.54 Å². The van der Waals surface area contributed by atoms with Crippen molar-refractivity contribution in [1.29, 1.82) is 0 Å². The number of nitrogens with zero attached hydrogens (tertiary/aromatic N) is 1. The first-order valence-corrected chi connectivity index (χ1v) is 8.06. The molecule has 0 aliphatic rings. The summed E-state index contributed by atoms with van der Waals surface area (Å²) in [5.41, 5.74) is 7.27. The average Bonchev–Trinajstić information content (AvgIpc) is 2.95. The molecule has 1 aromatic carbocycles. The summed E-state index contributed by atoms with van der Waals surface area (Å²) in [6.45, 7) is 2.58. The molecule has 0 aliphatic carbocycles. The number of nitrogens with two attached hydrogens (primary N) is 1. The Morgan fingerprint density at radius 1 is 1.33 bits per heavy atom. The molecule has 5 heteroatoms. The van der Waals surface area contributed by atoms with Gasteiger partial charge in [0.1, 0.15) is 5.69 Å². The first-order chi connectivity index (χ1) is 10.2. The second-order valence-electron chi connectivity index (χ2n) is 5.06. The molecule has 0 aliphatic heterocycles. The molecule has 1 atom stereocenters. The quantitative estimate of drug-likeness (QED) is 0.825. The minimum atomic E-state index is -0.102. The fourth-order valence-corrected chi connectivity index (χ4v) is 2.85. The van der Waals surface area contributed by atoms with Crippen LogP contribution in [0, 0.1) is 0 Å². The first-order valence-electron chi connectivity index (χ1n) is 7.18. The SMILES string of the molecule is CC(CCc1ccccc1)NC(=O)c1csc(CCN)n1. The molecule has 0 fully saturated rings. The number of hydrogen-bond acceptors (Lipinski definition) is 4. The van der Waals surface area contributed by atoms with E-state index in [0.29, 0.717) is 12.2 Å². The molecule has 1 unspecified atom stereocenters. The van der Waals surface area contributed by atoms with Crippen molar-refractivity contribution < 1.29 is 4.79 Å². The van der Waals surface area contributed by atoms with Gasteiger partial charge < -0.3 is 11.1 Å². The normalized spacial score (nSPS) is 12.1. The van der Waals surface area contributed by atoms with Gasteiger partial charge in [0.2, 0.25) is 0 Å². The molecule has 3 N–H and O–H groups in total. The van der Waals surface area contributed by atoms with Gasteiger partial charge in [-0.3, -0.25) is 4.79 Å². The summed E-state index contributed by atoms with van der Waals surface area (Å²) in [5.74, 6) is -0.102. The number of thiazole rings is 1.